The molecule has 0 unspecified atom stereocenters. The minimum absolute atomic E-state index is 0.907. The van der Waals surface area contributed by atoms with Crippen LogP contribution in [0.5, 0.6) is 0 Å². The second-order valence-corrected chi connectivity index (χ2v) is 6.44. The molecule has 26 heavy (non-hydrogen) atoms. The van der Waals surface area contributed by atoms with E-state index in [9.17, 15) is 0 Å². The molecule has 4 nitrogen and oxygen atoms in total. The zero-order chi connectivity index (χ0) is 17.5. The van der Waals surface area contributed by atoms with Crippen LogP contribution in [0.25, 0.3) is 44.2 Å². The van der Waals surface area contributed by atoms with Crippen LogP contribution in [0.4, 0.5) is 0 Å². The number of H-pyrrole nitrogens is 1. The molecule has 0 aliphatic heterocycles. The van der Waals surface area contributed by atoms with Crippen LogP contribution in [0.2, 0.25) is 0 Å². The second kappa shape index (κ2) is 5.77. The molecule has 4 heterocycles. The normalized spacial score (nSPS) is 11.3. The van der Waals surface area contributed by atoms with Gasteiger partial charge in [0.1, 0.15) is 5.65 Å². The maximum absolute atomic E-state index is 4.53. The van der Waals surface area contributed by atoms with Crippen LogP contribution < -0.4 is 0 Å². The van der Waals surface area contributed by atoms with E-state index in [0.29, 0.717) is 0 Å². The van der Waals surface area contributed by atoms with Crippen molar-refractivity contribution in [3.63, 3.8) is 0 Å². The Balaban J connectivity index is 1.76. The molecule has 5 aromatic rings. The molecule has 0 amide bonds. The van der Waals surface area contributed by atoms with Gasteiger partial charge in [0, 0.05) is 52.9 Å². The van der Waals surface area contributed by atoms with Gasteiger partial charge < -0.3 is 4.98 Å². The van der Waals surface area contributed by atoms with Crippen molar-refractivity contribution in [2.24, 2.45) is 0 Å². The SMILES string of the molecule is Cc1cnc2[nH]cc(-c3ccc4nccc(-c5cccnc5)c4c3)c2c1. The van der Waals surface area contributed by atoms with Crippen LogP contribution in [0.15, 0.2) is 73.4 Å². The Morgan fingerprint density at radius 1 is 0.808 bits per heavy atom. The van der Waals surface area contributed by atoms with E-state index in [4.69, 9.17) is 0 Å². The van der Waals surface area contributed by atoms with Gasteiger partial charge in [0.05, 0.1) is 5.52 Å². The van der Waals surface area contributed by atoms with Crippen molar-refractivity contribution in [1.82, 2.24) is 19.9 Å². The summed E-state index contributed by atoms with van der Waals surface area (Å²) >= 11 is 0. The van der Waals surface area contributed by atoms with Gasteiger partial charge in [-0.2, -0.15) is 0 Å². The molecule has 0 saturated heterocycles. The zero-order valence-corrected chi connectivity index (χ0v) is 14.3. The summed E-state index contributed by atoms with van der Waals surface area (Å²) in [7, 11) is 0. The molecular formula is C22H16N4. The van der Waals surface area contributed by atoms with Crippen molar-refractivity contribution >= 4 is 21.9 Å². The molecule has 4 heteroatoms. The highest BCUT2D eigenvalue weighted by Gasteiger charge is 2.10. The number of nitrogens with zero attached hydrogens (tertiary/aromatic N) is 3. The average Bonchev–Trinajstić information content (AvgIpc) is 3.11. The highest BCUT2D eigenvalue weighted by Crippen LogP contribution is 2.33. The molecule has 124 valence electrons. The Hall–Kier alpha value is -3.53. The van der Waals surface area contributed by atoms with Crippen molar-refractivity contribution in [3.05, 3.63) is 79.0 Å². The maximum atomic E-state index is 4.53. The summed E-state index contributed by atoms with van der Waals surface area (Å²) in [6, 6.07) is 14.6. The van der Waals surface area contributed by atoms with Crippen LogP contribution >= 0.6 is 0 Å². The van der Waals surface area contributed by atoms with Crippen molar-refractivity contribution in [2.45, 2.75) is 6.92 Å². The lowest BCUT2D eigenvalue weighted by Gasteiger charge is -2.08. The van der Waals surface area contributed by atoms with Gasteiger partial charge in [0.25, 0.3) is 0 Å². The van der Waals surface area contributed by atoms with Crippen LogP contribution in [0.1, 0.15) is 5.56 Å². The van der Waals surface area contributed by atoms with E-state index in [1.54, 1.807) is 6.20 Å². The highest BCUT2D eigenvalue weighted by atomic mass is 14.8. The molecule has 1 N–H and O–H groups in total. The summed E-state index contributed by atoms with van der Waals surface area (Å²) in [5.74, 6) is 0. The van der Waals surface area contributed by atoms with Gasteiger partial charge in [-0.3, -0.25) is 9.97 Å². The lowest BCUT2D eigenvalue weighted by atomic mass is 9.98. The first-order valence-corrected chi connectivity index (χ1v) is 8.53. The first-order chi connectivity index (χ1) is 12.8. The summed E-state index contributed by atoms with van der Waals surface area (Å²) in [4.78, 5) is 16.5. The van der Waals surface area contributed by atoms with Gasteiger partial charge in [-0.05, 0) is 53.9 Å². The second-order valence-electron chi connectivity index (χ2n) is 6.44. The molecule has 0 bridgehead atoms. The van der Waals surface area contributed by atoms with Gasteiger partial charge in [-0.25, -0.2) is 4.98 Å². The number of aryl methyl sites for hydroxylation is 1. The van der Waals surface area contributed by atoms with E-state index >= 15 is 0 Å². The fourth-order valence-electron chi connectivity index (χ4n) is 3.43. The predicted molar refractivity (Wildman–Crippen MR) is 105 cm³/mol. The number of hydrogen-bond acceptors (Lipinski definition) is 3. The van der Waals surface area contributed by atoms with Gasteiger partial charge in [0.2, 0.25) is 0 Å². The molecule has 1 aromatic carbocycles. The first-order valence-electron chi connectivity index (χ1n) is 8.53. The Bertz CT molecular complexity index is 1240. The number of benzene rings is 1. The lowest BCUT2D eigenvalue weighted by molar-refractivity contribution is 1.29. The summed E-state index contributed by atoms with van der Waals surface area (Å²) < 4.78 is 0. The molecule has 0 atom stereocenters. The highest BCUT2D eigenvalue weighted by molar-refractivity contribution is 6.00. The minimum Gasteiger partial charge on any atom is -0.346 e. The molecule has 0 aliphatic rings. The number of pyridine rings is 3. The Kier molecular flexibility index (Phi) is 3.28. The van der Waals surface area contributed by atoms with E-state index in [-0.39, 0.29) is 0 Å². The standard InChI is InChI=1S/C22H16N4/c1-14-9-19-20(13-26-22(19)25-11-14)15-4-5-21-18(10-15)17(6-8-24-21)16-3-2-7-23-12-16/h2-13H,1H3,(H,25,26). The average molecular weight is 336 g/mol. The lowest BCUT2D eigenvalue weighted by Crippen LogP contribution is -1.86. The van der Waals surface area contributed by atoms with Crippen LogP contribution in [-0.2, 0) is 0 Å². The number of aromatic amines is 1. The minimum atomic E-state index is 0.907. The van der Waals surface area contributed by atoms with Crippen molar-refractivity contribution in [3.8, 4) is 22.3 Å². The summed E-state index contributed by atoms with van der Waals surface area (Å²) in [6.45, 7) is 2.06. The maximum Gasteiger partial charge on any atom is 0.137 e. The third-order valence-electron chi connectivity index (χ3n) is 4.69. The molecule has 4 aromatic heterocycles. The van der Waals surface area contributed by atoms with E-state index in [1.807, 2.05) is 36.9 Å². The molecule has 0 saturated carbocycles. The number of nitrogens with one attached hydrogen (secondary N) is 1. The zero-order valence-electron chi connectivity index (χ0n) is 14.3. The van der Waals surface area contributed by atoms with Crippen LogP contribution in [-0.4, -0.2) is 19.9 Å². The van der Waals surface area contributed by atoms with E-state index < -0.39 is 0 Å². The predicted octanol–water partition coefficient (Wildman–Crippen LogP) is 5.15. The number of fused-ring (bicyclic) bond motifs is 2. The van der Waals surface area contributed by atoms with Crippen molar-refractivity contribution in [2.75, 3.05) is 0 Å². The molecule has 0 fully saturated rings. The fourth-order valence-corrected chi connectivity index (χ4v) is 3.43. The molecule has 0 spiro atoms. The Labute approximate surface area is 150 Å². The Morgan fingerprint density at radius 3 is 2.65 bits per heavy atom. The van der Waals surface area contributed by atoms with Crippen LogP contribution in [0.3, 0.4) is 0 Å². The van der Waals surface area contributed by atoms with Gasteiger partial charge in [0.15, 0.2) is 0 Å². The smallest absolute Gasteiger partial charge is 0.137 e. The van der Waals surface area contributed by atoms with E-state index in [1.165, 1.54) is 0 Å². The third-order valence-corrected chi connectivity index (χ3v) is 4.69. The summed E-state index contributed by atoms with van der Waals surface area (Å²) in [6.07, 6.45) is 9.44. The first kappa shape index (κ1) is 14.8. The largest absolute Gasteiger partial charge is 0.346 e. The molecular weight excluding hydrogens is 320 g/mol. The van der Waals surface area contributed by atoms with Crippen molar-refractivity contribution < 1.29 is 0 Å². The van der Waals surface area contributed by atoms with E-state index in [0.717, 1.165) is 49.8 Å². The van der Waals surface area contributed by atoms with Gasteiger partial charge >= 0.3 is 0 Å². The topological polar surface area (TPSA) is 54.5 Å². The van der Waals surface area contributed by atoms with Crippen molar-refractivity contribution in [1.29, 1.82) is 0 Å². The summed E-state index contributed by atoms with van der Waals surface area (Å²) in [5, 5.41) is 2.25. The number of rotatable bonds is 2. The van der Waals surface area contributed by atoms with Gasteiger partial charge in [-0.1, -0.05) is 12.1 Å². The van der Waals surface area contributed by atoms with Gasteiger partial charge in [-0.15, -0.1) is 0 Å². The molecule has 5 rings (SSSR count). The quantitative estimate of drug-likeness (QED) is 0.485. The monoisotopic (exact) mass is 336 g/mol. The fraction of sp³-hybridized carbons (Fsp3) is 0.0455. The molecule has 0 radical (unpaired) electrons. The number of hydrogen-bond donors (Lipinski definition) is 1. The Morgan fingerprint density at radius 2 is 1.77 bits per heavy atom. The van der Waals surface area contributed by atoms with Crippen LogP contribution in [0, 0.1) is 6.92 Å². The number of aromatic nitrogens is 4. The van der Waals surface area contributed by atoms with E-state index in [2.05, 4.69) is 57.2 Å². The molecule has 0 aliphatic carbocycles. The third kappa shape index (κ3) is 2.35. The summed E-state index contributed by atoms with van der Waals surface area (Å²) in [5.41, 5.74) is 7.56.